The fourth-order valence-electron chi connectivity index (χ4n) is 11.5. The molecule has 26 nitrogen and oxygen atoms in total. The van der Waals surface area contributed by atoms with Gasteiger partial charge in [-0.2, -0.15) is 0 Å². The molecule has 2 aliphatic carbocycles. The normalized spacial score (nSPS) is 11.1. The second-order valence-corrected chi connectivity index (χ2v) is 24.6. The number of hydrogen-bond donors (Lipinski definition) is 9. The van der Waals surface area contributed by atoms with Crippen LogP contribution in [0.25, 0.3) is 22.3 Å². The lowest BCUT2D eigenvalue weighted by Gasteiger charge is -2.14. The van der Waals surface area contributed by atoms with Crippen molar-refractivity contribution in [3.05, 3.63) is 191 Å². The van der Waals surface area contributed by atoms with E-state index >= 15 is 0 Å². The van der Waals surface area contributed by atoms with E-state index in [1.807, 2.05) is 78.9 Å². The number of fused-ring (bicyclic) bond motifs is 6. The van der Waals surface area contributed by atoms with E-state index in [0.717, 1.165) is 86.6 Å². The van der Waals surface area contributed by atoms with Gasteiger partial charge >= 0.3 is 24.1 Å². The molecular weight excluding hydrogens is 1400 g/mol. The molecule has 0 saturated carbocycles. The summed E-state index contributed by atoms with van der Waals surface area (Å²) in [6.07, 6.45) is 15.9. The molecule has 26 heteroatoms. The number of nitrogens with two attached hydrogens (primary N) is 3. The quantitative estimate of drug-likeness (QED) is 0.00978. The number of rotatable bonds is 40. The van der Waals surface area contributed by atoms with E-state index in [1.165, 1.54) is 50.9 Å². The highest BCUT2D eigenvalue weighted by Crippen LogP contribution is 2.46. The maximum atomic E-state index is 12.3. The molecular formula is C83H109N7O19. The van der Waals surface area contributed by atoms with Crippen LogP contribution in [0.15, 0.2) is 152 Å². The van der Waals surface area contributed by atoms with E-state index in [0.29, 0.717) is 100 Å². The van der Waals surface area contributed by atoms with Crippen LogP contribution in [0.5, 0.6) is 34.5 Å². The Kier molecular flexibility index (Phi) is 43.8. The molecule has 0 bridgehead atoms. The summed E-state index contributed by atoms with van der Waals surface area (Å²) in [7, 11) is 9.52. The number of aliphatic carboxylic acids is 2. The first-order chi connectivity index (χ1) is 53.5. The summed E-state index contributed by atoms with van der Waals surface area (Å²) in [5, 5.41) is 22.3. The van der Waals surface area contributed by atoms with Crippen LogP contribution in [-0.2, 0) is 63.0 Å². The summed E-state index contributed by atoms with van der Waals surface area (Å²) < 4.78 is 47.8. The third kappa shape index (κ3) is 33.0. The van der Waals surface area contributed by atoms with Crippen molar-refractivity contribution in [2.24, 2.45) is 17.4 Å². The van der Waals surface area contributed by atoms with Crippen LogP contribution in [0.1, 0.15) is 155 Å². The lowest BCUT2D eigenvalue weighted by molar-refractivity contribution is -0.138. The Morgan fingerprint density at radius 3 is 1.01 bits per heavy atom. The number of ether oxygens (including phenoxy) is 8. The van der Waals surface area contributed by atoms with Crippen LogP contribution >= 0.6 is 0 Å². The van der Waals surface area contributed by atoms with Gasteiger partial charge < -0.3 is 70.2 Å². The lowest BCUT2D eigenvalue weighted by Crippen LogP contribution is -2.27. The fraction of sp³-hybridized carbons (Fsp3) is 0.398. The highest BCUT2D eigenvalue weighted by Gasteiger charge is 2.30. The minimum absolute atomic E-state index is 0.0414. The zero-order valence-corrected chi connectivity index (χ0v) is 63.4. The maximum absolute atomic E-state index is 12.3. The van der Waals surface area contributed by atoms with Crippen LogP contribution in [0.2, 0.25) is 0 Å². The minimum atomic E-state index is -0.783. The number of benzene rings is 7. The van der Waals surface area contributed by atoms with Crippen molar-refractivity contribution in [2.45, 2.75) is 134 Å². The van der Waals surface area contributed by atoms with Crippen LogP contribution in [-0.4, -0.2) is 128 Å². The van der Waals surface area contributed by atoms with Crippen molar-refractivity contribution in [3.63, 3.8) is 0 Å². The predicted octanol–water partition coefficient (Wildman–Crippen LogP) is 13.2. The van der Waals surface area contributed by atoms with Crippen molar-refractivity contribution in [3.8, 4) is 69.6 Å². The third-order valence-corrected chi connectivity index (χ3v) is 17.1. The van der Waals surface area contributed by atoms with Gasteiger partial charge in [0.15, 0.2) is 0 Å². The molecule has 0 heterocycles. The Bertz CT molecular complexity index is 3840. The second-order valence-electron chi connectivity index (χ2n) is 24.6. The zero-order chi connectivity index (χ0) is 80.1. The Morgan fingerprint density at radius 1 is 0.413 bits per heavy atom. The van der Waals surface area contributed by atoms with Gasteiger partial charge in [0.2, 0.25) is 11.8 Å². The van der Waals surface area contributed by atoms with E-state index in [9.17, 15) is 28.8 Å². The maximum Gasteiger partial charge on any atom is 0.407 e. The number of carbonyl (C=O) groups is 6. The SMILES string of the molecule is COc1ccc(CON)c(OC)c1.COc1ccc(CONC(=O)CCCCCN)c(OC)c1.COc1ccc(CONC(=O)CCCCCNC(=O)OCC2c3ccccc3-c3ccccc32)c(OC)c1.NCCCCCC(=O)O.O=C(O)CCCCCNC(=O)OCC1c2ccccc2-c2ccccc21.[2H]C#C. The minimum Gasteiger partial charge on any atom is -0.497 e. The molecule has 0 aromatic heterocycles. The van der Waals surface area contributed by atoms with Crippen LogP contribution in [0, 0.1) is 12.8 Å². The van der Waals surface area contributed by atoms with E-state index < -0.39 is 24.1 Å². The van der Waals surface area contributed by atoms with E-state index in [2.05, 4.69) is 81.4 Å². The number of hydrogen-bond acceptors (Lipinski definition) is 20. The molecule has 7 aromatic carbocycles. The first-order valence-electron chi connectivity index (χ1n) is 36.6. The van der Waals surface area contributed by atoms with Crippen molar-refractivity contribution in [2.75, 3.05) is 82.1 Å². The predicted molar refractivity (Wildman–Crippen MR) is 417 cm³/mol. The molecule has 0 unspecified atom stereocenters. The Morgan fingerprint density at radius 2 is 0.716 bits per heavy atom. The number of terminal acetylenes is 1. The fourth-order valence-corrected chi connectivity index (χ4v) is 11.5. The molecule has 0 aliphatic heterocycles. The largest absolute Gasteiger partial charge is 0.497 e. The Hall–Kier alpha value is -10.9. The Labute approximate surface area is 641 Å². The molecule has 9 rings (SSSR count). The topological polar surface area (TPSA) is 371 Å². The Balaban J connectivity index is 0.000000310. The monoisotopic (exact) mass is 1510 g/mol. The molecule has 2 aliphatic rings. The molecule has 4 amide bonds. The van der Waals surface area contributed by atoms with E-state index in [4.69, 9.17) is 76.5 Å². The standard InChI is InChI=1S/C30H34N2O6.C21H23NO4.C15H24N2O4.C9H13NO3.C6H13NO2.C2H2/c1-35-22-16-15-21(28(18-22)36-2)19-38-32-29(33)14-4-3-9-17-31-30(34)37-20-27-25-12-7-5-10-23(25)24-11-6-8-13-26(24)27;23-20(24)12-2-1-7-13-22-21(25)26-14-19-17-10-5-3-8-15(17)16-9-4-6-11-18(16)19;1-19-13-8-7-12(14(10-13)20-2)11-21-17-15(18)6-4-3-5-9-16;1-11-8-4-3-7(6-13-10)9(5-8)12-2;7-5-3-1-2-4-6(8)9;1-2/h5-8,10-13,15-16,18,27H,3-4,9,14,17,19-20H2,1-2H3,(H,31,34)(H,32,33);3-6,8-11,19H,1-2,7,12-14H2,(H,22,25)(H,23,24);7-8,10H,3-6,9,11,16H2,1-2H3,(H,17,18);3-5H,6,10H2,1-2H3;1-5,7H2,(H,8,9);1-2H/i;;;;;1D. The van der Waals surface area contributed by atoms with Crippen LogP contribution in [0.3, 0.4) is 0 Å². The summed E-state index contributed by atoms with van der Waals surface area (Å²) >= 11 is 0. The van der Waals surface area contributed by atoms with Gasteiger partial charge in [0.25, 0.3) is 0 Å². The highest BCUT2D eigenvalue weighted by molar-refractivity contribution is 5.80. The molecule has 0 spiro atoms. The number of methoxy groups -OCH3 is 6. The number of carboxylic acid groups (broad SMARTS) is 2. The first-order valence-corrected chi connectivity index (χ1v) is 36.1. The van der Waals surface area contributed by atoms with E-state index in [1.54, 1.807) is 66.9 Å². The van der Waals surface area contributed by atoms with Gasteiger partial charge in [-0.1, -0.05) is 123 Å². The van der Waals surface area contributed by atoms with Gasteiger partial charge in [-0.25, -0.2) is 26.4 Å². The van der Waals surface area contributed by atoms with Crippen molar-refractivity contribution < 1.29 is 92.8 Å². The van der Waals surface area contributed by atoms with Crippen molar-refractivity contribution >= 4 is 35.9 Å². The molecule has 0 atom stereocenters. The molecule has 0 saturated heterocycles. The molecule has 7 aromatic rings. The second kappa shape index (κ2) is 53.8. The van der Waals surface area contributed by atoms with Gasteiger partial charge in [-0.3, -0.25) is 33.7 Å². The highest BCUT2D eigenvalue weighted by atomic mass is 16.7. The number of alkyl carbamates (subject to hydrolysis) is 2. The summed E-state index contributed by atoms with van der Waals surface area (Å²) in [5.41, 5.74) is 27.6. The molecule has 0 fully saturated rings. The van der Waals surface area contributed by atoms with Gasteiger partial charge in [-0.15, -0.1) is 12.8 Å². The van der Waals surface area contributed by atoms with Gasteiger partial charge in [0.05, 0.1) is 49.3 Å². The molecule has 590 valence electrons. The van der Waals surface area contributed by atoms with Crippen molar-refractivity contribution in [1.82, 2.24) is 21.6 Å². The lowest BCUT2D eigenvalue weighted by atomic mass is 9.98. The molecule has 0 radical (unpaired) electrons. The van der Waals surface area contributed by atoms with Gasteiger partial charge in [0.1, 0.15) is 62.3 Å². The number of hydroxylamine groups is 2. The number of nitrogens with one attached hydrogen (secondary N) is 4. The average molecular weight is 1510 g/mol. The van der Waals surface area contributed by atoms with Crippen LogP contribution < -0.4 is 67.4 Å². The van der Waals surface area contributed by atoms with Crippen LogP contribution in [0.4, 0.5) is 9.59 Å². The smallest absolute Gasteiger partial charge is 0.407 e. The number of unbranched alkanes of at least 4 members (excludes halogenated alkanes) is 8. The molecule has 12 N–H and O–H groups in total. The summed E-state index contributed by atoms with van der Waals surface area (Å²) in [6.45, 7) is 3.66. The first kappa shape index (κ1) is 88.7. The summed E-state index contributed by atoms with van der Waals surface area (Å²) in [6, 6.07) is 49.2. The number of carboxylic acids is 2. The number of amides is 4. The third-order valence-electron chi connectivity index (χ3n) is 17.1. The summed E-state index contributed by atoms with van der Waals surface area (Å²) in [5.74, 6) is 7.39. The summed E-state index contributed by atoms with van der Waals surface area (Å²) in [4.78, 5) is 83.2. The van der Waals surface area contributed by atoms with Gasteiger partial charge in [0, 0.05) is 85.5 Å². The van der Waals surface area contributed by atoms with Crippen molar-refractivity contribution in [1.29, 1.82) is 0 Å². The van der Waals surface area contributed by atoms with E-state index in [-0.39, 0.29) is 49.7 Å². The average Bonchev–Trinajstić information content (AvgIpc) is 1.62. The zero-order valence-electron chi connectivity index (χ0n) is 64.4. The van der Waals surface area contributed by atoms with Gasteiger partial charge in [-0.05, 0) is 145 Å². The molecule has 109 heavy (non-hydrogen) atoms. The number of carbonyl (C=O) groups excluding carboxylic acids is 4.